The van der Waals surface area contributed by atoms with Crippen molar-refractivity contribution in [1.82, 2.24) is 9.55 Å². The summed E-state index contributed by atoms with van der Waals surface area (Å²) < 4.78 is 44.3. The quantitative estimate of drug-likeness (QED) is 0.258. The van der Waals surface area contributed by atoms with Crippen LogP contribution in [0.15, 0.2) is 24.3 Å². The van der Waals surface area contributed by atoms with Gasteiger partial charge in [-0.25, -0.2) is 4.98 Å². The van der Waals surface area contributed by atoms with Crippen molar-refractivity contribution in [3.8, 4) is 5.75 Å². The van der Waals surface area contributed by atoms with Gasteiger partial charge in [-0.15, -0.1) is 13.2 Å². The van der Waals surface area contributed by atoms with E-state index in [0.29, 0.717) is 28.4 Å². The van der Waals surface area contributed by atoms with Crippen molar-refractivity contribution >= 4 is 16.8 Å². The molecule has 0 aliphatic heterocycles. The lowest BCUT2D eigenvalue weighted by Crippen LogP contribution is -2.24. The van der Waals surface area contributed by atoms with Crippen LogP contribution in [0.25, 0.3) is 11.0 Å². The van der Waals surface area contributed by atoms with E-state index >= 15 is 0 Å². The number of ketones is 1. The Morgan fingerprint density at radius 2 is 1.92 bits per heavy atom. The number of fused-ring (bicyclic) bond motifs is 1. The predicted octanol–water partition coefficient (Wildman–Crippen LogP) is 7.23. The number of rotatable bonds is 11. The minimum atomic E-state index is -4.78. The monoisotopic (exact) mass is 506 g/mol. The zero-order valence-electron chi connectivity index (χ0n) is 21.2. The Kier molecular flexibility index (Phi) is 8.43. The van der Waals surface area contributed by atoms with Crippen LogP contribution in [0.5, 0.6) is 5.75 Å². The largest absolute Gasteiger partial charge is 0.573 e. The highest BCUT2D eigenvalue weighted by Gasteiger charge is 2.34. The van der Waals surface area contributed by atoms with Gasteiger partial charge in [0.05, 0.1) is 17.1 Å². The maximum absolute atomic E-state index is 13.0. The van der Waals surface area contributed by atoms with E-state index in [-0.39, 0.29) is 29.4 Å². The molecule has 2 aliphatic carbocycles. The molecule has 1 N–H and O–H groups in total. The Labute approximate surface area is 210 Å². The Morgan fingerprint density at radius 3 is 2.56 bits per heavy atom. The molecule has 198 valence electrons. The number of hydrogen-bond donors (Lipinski definition) is 1. The van der Waals surface area contributed by atoms with Crippen LogP contribution in [0.2, 0.25) is 0 Å². The van der Waals surface area contributed by atoms with Crippen LogP contribution in [-0.2, 0) is 7.05 Å². The minimum Gasteiger partial charge on any atom is -0.406 e. The van der Waals surface area contributed by atoms with Gasteiger partial charge in [0.15, 0.2) is 5.82 Å². The van der Waals surface area contributed by atoms with Gasteiger partial charge < -0.3 is 14.4 Å². The topological polar surface area (TPSA) is 64.3 Å². The molecular formula is C28H37F3N2O3. The highest BCUT2D eigenvalue weighted by atomic mass is 19.4. The standard InChI is InChI=1S/C28H37F3N2O3/c1-3-4-7-18(19-12-14-21(34)15-13-19)8-5-6-9-25(35)27-32-26-23(20-10-11-20)16-22(36-28(29,30)31)17-24(26)33(27)2/h6,9,16-21,34H,3-5,7-8,10-15H2,1-2H3. The summed E-state index contributed by atoms with van der Waals surface area (Å²) in [4.78, 5) is 17.5. The van der Waals surface area contributed by atoms with Gasteiger partial charge in [0, 0.05) is 13.1 Å². The van der Waals surface area contributed by atoms with Crippen LogP contribution in [0, 0.1) is 11.8 Å². The number of nitrogens with zero attached hydrogens (tertiary/aromatic N) is 2. The van der Waals surface area contributed by atoms with Gasteiger partial charge in [0.1, 0.15) is 5.75 Å². The zero-order valence-corrected chi connectivity index (χ0v) is 21.2. The molecule has 0 saturated heterocycles. The number of benzene rings is 1. The Hall–Kier alpha value is -2.35. The second-order valence-electron chi connectivity index (χ2n) is 10.5. The number of carbonyl (C=O) groups is 1. The molecule has 0 spiro atoms. The summed E-state index contributed by atoms with van der Waals surface area (Å²) in [5.74, 6) is 1.08. The molecule has 0 amide bonds. The van der Waals surface area contributed by atoms with Crippen molar-refractivity contribution in [2.75, 3.05) is 0 Å². The van der Waals surface area contributed by atoms with E-state index in [2.05, 4.69) is 16.6 Å². The number of carbonyl (C=O) groups excluding carboxylic acids is 1. The number of alkyl halides is 3. The summed E-state index contributed by atoms with van der Waals surface area (Å²) in [6, 6.07) is 2.72. The minimum absolute atomic E-state index is 0.152. The van der Waals surface area contributed by atoms with E-state index in [0.717, 1.165) is 57.8 Å². The molecule has 2 saturated carbocycles. The van der Waals surface area contributed by atoms with Crippen molar-refractivity contribution < 1.29 is 27.8 Å². The van der Waals surface area contributed by atoms with Crippen molar-refractivity contribution in [1.29, 1.82) is 0 Å². The number of hydrogen-bond acceptors (Lipinski definition) is 4. The normalized spacial score (nSPS) is 21.8. The first-order valence-electron chi connectivity index (χ1n) is 13.3. The maximum atomic E-state index is 13.0. The molecule has 1 aromatic carbocycles. The summed E-state index contributed by atoms with van der Waals surface area (Å²) in [5, 5.41) is 9.85. The van der Waals surface area contributed by atoms with Crippen molar-refractivity contribution in [2.24, 2.45) is 18.9 Å². The first-order chi connectivity index (χ1) is 17.2. The van der Waals surface area contributed by atoms with E-state index < -0.39 is 6.36 Å². The summed E-state index contributed by atoms with van der Waals surface area (Å²) in [5.41, 5.74) is 1.75. The number of aryl methyl sites for hydroxylation is 1. The Morgan fingerprint density at radius 1 is 1.19 bits per heavy atom. The van der Waals surface area contributed by atoms with Crippen molar-refractivity contribution in [3.05, 3.63) is 35.7 Å². The van der Waals surface area contributed by atoms with Crippen LogP contribution in [0.3, 0.4) is 0 Å². The van der Waals surface area contributed by atoms with E-state index in [1.807, 2.05) is 6.08 Å². The number of aliphatic hydroxyl groups excluding tert-OH is 1. The molecule has 1 unspecified atom stereocenters. The maximum Gasteiger partial charge on any atom is 0.573 e. The second-order valence-corrected chi connectivity index (χ2v) is 10.5. The highest BCUT2D eigenvalue weighted by Crippen LogP contribution is 2.45. The lowest BCUT2D eigenvalue weighted by Gasteiger charge is -2.32. The Balaban J connectivity index is 1.45. The van der Waals surface area contributed by atoms with E-state index in [9.17, 15) is 23.1 Å². The third-order valence-electron chi connectivity index (χ3n) is 7.77. The lowest BCUT2D eigenvalue weighted by molar-refractivity contribution is -0.274. The number of halogens is 3. The molecule has 4 rings (SSSR count). The Bertz CT molecular complexity index is 1080. The van der Waals surface area contributed by atoms with Gasteiger partial charge >= 0.3 is 6.36 Å². The zero-order chi connectivity index (χ0) is 25.9. The third-order valence-corrected chi connectivity index (χ3v) is 7.77. The molecule has 36 heavy (non-hydrogen) atoms. The molecule has 2 fully saturated rings. The van der Waals surface area contributed by atoms with Crippen LogP contribution in [0.1, 0.15) is 99.7 Å². The fourth-order valence-electron chi connectivity index (χ4n) is 5.64. The number of imidazole rings is 1. The molecule has 1 heterocycles. The van der Waals surface area contributed by atoms with E-state index in [1.54, 1.807) is 17.7 Å². The number of aromatic nitrogens is 2. The summed E-state index contributed by atoms with van der Waals surface area (Å²) in [7, 11) is 1.66. The van der Waals surface area contributed by atoms with E-state index in [1.165, 1.54) is 25.0 Å². The molecule has 0 bridgehead atoms. The SMILES string of the molecule is CCCCC(CCC=CC(=O)c1nc2c(C3CC3)cc(OC(F)(F)F)cc2n1C)C1CCC(O)CC1. The summed E-state index contributed by atoms with van der Waals surface area (Å²) in [6.07, 6.45) is 9.53. The molecule has 5 nitrogen and oxygen atoms in total. The van der Waals surface area contributed by atoms with Crippen molar-refractivity contribution in [3.63, 3.8) is 0 Å². The first kappa shape index (κ1) is 26.7. The van der Waals surface area contributed by atoms with Crippen LogP contribution in [0.4, 0.5) is 13.2 Å². The van der Waals surface area contributed by atoms with Crippen LogP contribution in [-0.4, -0.2) is 32.9 Å². The smallest absolute Gasteiger partial charge is 0.406 e. The number of unbranched alkanes of at least 4 members (excludes halogenated alkanes) is 1. The molecule has 1 atom stereocenters. The molecule has 8 heteroatoms. The predicted molar refractivity (Wildman–Crippen MR) is 133 cm³/mol. The average molecular weight is 507 g/mol. The number of ether oxygens (including phenoxy) is 1. The second kappa shape index (κ2) is 11.4. The third kappa shape index (κ3) is 6.69. The molecule has 2 aromatic rings. The molecule has 2 aliphatic rings. The van der Waals surface area contributed by atoms with Gasteiger partial charge in [-0.1, -0.05) is 32.3 Å². The van der Waals surface area contributed by atoms with Gasteiger partial charge in [0.2, 0.25) is 5.78 Å². The van der Waals surface area contributed by atoms with Crippen LogP contribution < -0.4 is 4.74 Å². The highest BCUT2D eigenvalue weighted by molar-refractivity contribution is 6.04. The van der Waals surface area contributed by atoms with Gasteiger partial charge in [-0.2, -0.15) is 0 Å². The fourth-order valence-corrected chi connectivity index (χ4v) is 5.64. The molecule has 1 aromatic heterocycles. The number of allylic oxidation sites excluding steroid dienone is 2. The van der Waals surface area contributed by atoms with Gasteiger partial charge in [-0.05, 0) is 86.8 Å². The number of aliphatic hydroxyl groups is 1. The molecule has 0 radical (unpaired) electrons. The molecular weight excluding hydrogens is 469 g/mol. The first-order valence-corrected chi connectivity index (χ1v) is 13.3. The average Bonchev–Trinajstić information content (AvgIpc) is 3.62. The summed E-state index contributed by atoms with van der Waals surface area (Å²) >= 11 is 0. The van der Waals surface area contributed by atoms with Crippen LogP contribution >= 0.6 is 0 Å². The van der Waals surface area contributed by atoms with E-state index in [4.69, 9.17) is 0 Å². The van der Waals surface area contributed by atoms with Gasteiger partial charge in [0.25, 0.3) is 0 Å². The summed E-state index contributed by atoms with van der Waals surface area (Å²) in [6.45, 7) is 2.20. The lowest BCUT2D eigenvalue weighted by atomic mass is 9.75. The van der Waals surface area contributed by atoms with Gasteiger partial charge in [-0.3, -0.25) is 4.79 Å². The van der Waals surface area contributed by atoms with Crippen molar-refractivity contribution in [2.45, 2.75) is 95.9 Å². The fraction of sp³-hybridized carbons (Fsp3) is 0.643.